The maximum Gasteiger partial charge on any atom is 0.277 e. The number of hydrogen-bond donors (Lipinski definition) is 3. The third-order valence-electron chi connectivity index (χ3n) is 2.60. The second-order valence-corrected chi connectivity index (χ2v) is 5.85. The van der Waals surface area contributed by atoms with E-state index in [1.807, 2.05) is 19.1 Å². The van der Waals surface area contributed by atoms with Crippen molar-refractivity contribution in [1.29, 1.82) is 0 Å². The Bertz CT molecular complexity index is 571. The molecule has 110 valence electrons. The van der Waals surface area contributed by atoms with E-state index in [0.717, 1.165) is 17.5 Å². The minimum atomic E-state index is -3.48. The molecule has 1 aromatic rings. The third kappa shape index (κ3) is 5.72. The van der Waals surface area contributed by atoms with E-state index in [4.69, 9.17) is 5.11 Å². The highest BCUT2D eigenvalue weighted by molar-refractivity contribution is 7.87. The van der Waals surface area contributed by atoms with Gasteiger partial charge in [0.2, 0.25) is 0 Å². The average Bonchev–Trinajstić information content (AvgIpc) is 2.43. The van der Waals surface area contributed by atoms with Crippen LogP contribution in [0, 0.1) is 11.8 Å². The molecular weight excluding hydrogens is 276 g/mol. The van der Waals surface area contributed by atoms with Crippen LogP contribution in [0.4, 0.5) is 0 Å². The summed E-state index contributed by atoms with van der Waals surface area (Å²) in [5.74, 6) is 5.34. The second-order valence-electron chi connectivity index (χ2n) is 4.32. The molecule has 0 heterocycles. The van der Waals surface area contributed by atoms with Crippen molar-refractivity contribution in [1.82, 2.24) is 9.44 Å². The standard InChI is InChI=1S/C14H20N2O3S/c1-3-10-15-20(18,19)16-12(2)14-8-6-13(7-9-14)5-4-11-17/h6-9,12,15-17H,3,10-11H2,1-2H3. The van der Waals surface area contributed by atoms with E-state index in [-0.39, 0.29) is 12.6 Å². The summed E-state index contributed by atoms with van der Waals surface area (Å²) >= 11 is 0. The summed E-state index contributed by atoms with van der Waals surface area (Å²) in [4.78, 5) is 0. The molecule has 0 aliphatic rings. The van der Waals surface area contributed by atoms with Gasteiger partial charge in [-0.05, 0) is 31.0 Å². The lowest BCUT2D eigenvalue weighted by Crippen LogP contribution is -2.38. The number of nitrogens with one attached hydrogen (secondary N) is 2. The zero-order chi connectivity index (χ0) is 15.0. The van der Waals surface area contributed by atoms with Crippen LogP contribution in [0.1, 0.15) is 37.4 Å². The average molecular weight is 296 g/mol. The molecule has 0 bridgehead atoms. The highest BCUT2D eigenvalue weighted by Gasteiger charge is 2.14. The zero-order valence-corrected chi connectivity index (χ0v) is 12.5. The Morgan fingerprint density at radius 1 is 1.30 bits per heavy atom. The molecule has 1 atom stereocenters. The predicted octanol–water partition coefficient (Wildman–Crippen LogP) is 0.925. The molecule has 1 aromatic carbocycles. The minimum Gasteiger partial charge on any atom is -0.384 e. The van der Waals surface area contributed by atoms with Gasteiger partial charge in [0.15, 0.2) is 0 Å². The van der Waals surface area contributed by atoms with Crippen molar-refractivity contribution in [2.24, 2.45) is 0 Å². The van der Waals surface area contributed by atoms with E-state index in [1.165, 1.54) is 0 Å². The monoisotopic (exact) mass is 296 g/mol. The van der Waals surface area contributed by atoms with E-state index in [2.05, 4.69) is 21.3 Å². The van der Waals surface area contributed by atoms with E-state index in [0.29, 0.717) is 6.54 Å². The van der Waals surface area contributed by atoms with Gasteiger partial charge in [-0.3, -0.25) is 0 Å². The van der Waals surface area contributed by atoms with Gasteiger partial charge in [0, 0.05) is 18.2 Å². The number of hydrogen-bond acceptors (Lipinski definition) is 3. The molecule has 0 amide bonds. The van der Waals surface area contributed by atoms with Gasteiger partial charge in [-0.2, -0.15) is 13.1 Å². The summed E-state index contributed by atoms with van der Waals surface area (Å²) in [6, 6.07) is 6.89. The van der Waals surface area contributed by atoms with Crippen molar-refractivity contribution in [3.05, 3.63) is 35.4 Å². The molecule has 0 fully saturated rings. The van der Waals surface area contributed by atoms with Crippen molar-refractivity contribution >= 4 is 10.2 Å². The topological polar surface area (TPSA) is 78.4 Å². The molecule has 0 radical (unpaired) electrons. The first-order chi connectivity index (χ1) is 9.48. The Kier molecular flexibility index (Phi) is 6.68. The molecule has 5 nitrogen and oxygen atoms in total. The molecule has 0 saturated heterocycles. The van der Waals surface area contributed by atoms with Gasteiger partial charge in [0.25, 0.3) is 10.2 Å². The van der Waals surface area contributed by atoms with Gasteiger partial charge in [-0.15, -0.1) is 0 Å². The van der Waals surface area contributed by atoms with Crippen molar-refractivity contribution in [2.45, 2.75) is 26.3 Å². The third-order valence-corrected chi connectivity index (χ3v) is 3.84. The summed E-state index contributed by atoms with van der Waals surface area (Å²) in [6.45, 7) is 3.91. The van der Waals surface area contributed by atoms with Crippen molar-refractivity contribution in [3.8, 4) is 11.8 Å². The van der Waals surface area contributed by atoms with Gasteiger partial charge in [0.1, 0.15) is 6.61 Å². The molecule has 0 aliphatic carbocycles. The molecular formula is C14H20N2O3S. The SMILES string of the molecule is CCCNS(=O)(=O)NC(C)c1ccc(C#CCO)cc1. The maximum absolute atomic E-state index is 11.7. The molecule has 0 aromatic heterocycles. The molecule has 0 aliphatic heterocycles. The van der Waals surface area contributed by atoms with Gasteiger partial charge in [-0.1, -0.05) is 30.9 Å². The lowest BCUT2D eigenvalue weighted by atomic mass is 10.1. The first kappa shape index (κ1) is 16.7. The van der Waals surface area contributed by atoms with Crippen LogP contribution in [-0.4, -0.2) is 26.7 Å². The predicted molar refractivity (Wildman–Crippen MR) is 79.2 cm³/mol. The minimum absolute atomic E-state index is 0.180. The van der Waals surface area contributed by atoms with Crippen LogP contribution < -0.4 is 9.44 Å². The van der Waals surface area contributed by atoms with Crippen molar-refractivity contribution < 1.29 is 13.5 Å². The second kappa shape index (κ2) is 8.02. The van der Waals surface area contributed by atoms with Crippen molar-refractivity contribution in [2.75, 3.05) is 13.2 Å². The number of rotatable bonds is 6. The van der Waals surface area contributed by atoms with Crippen LogP contribution in [-0.2, 0) is 10.2 Å². The lowest BCUT2D eigenvalue weighted by molar-refractivity contribution is 0.350. The molecule has 1 rings (SSSR count). The fraction of sp³-hybridized carbons (Fsp3) is 0.429. The van der Waals surface area contributed by atoms with Crippen LogP contribution >= 0.6 is 0 Å². The molecule has 0 saturated carbocycles. The summed E-state index contributed by atoms with van der Waals surface area (Å²) in [7, 11) is -3.48. The zero-order valence-electron chi connectivity index (χ0n) is 11.7. The van der Waals surface area contributed by atoms with Gasteiger partial charge >= 0.3 is 0 Å². The fourth-order valence-electron chi connectivity index (χ4n) is 1.58. The highest BCUT2D eigenvalue weighted by atomic mass is 32.2. The molecule has 6 heteroatoms. The van der Waals surface area contributed by atoms with Crippen LogP contribution in [0.5, 0.6) is 0 Å². The Labute approximate surface area is 120 Å². The largest absolute Gasteiger partial charge is 0.384 e. The Hall–Kier alpha value is -1.39. The van der Waals surface area contributed by atoms with Crippen LogP contribution in [0.2, 0.25) is 0 Å². The summed E-state index contributed by atoms with van der Waals surface area (Å²) in [5, 5.41) is 8.61. The van der Waals surface area contributed by atoms with E-state index >= 15 is 0 Å². The Balaban J connectivity index is 2.70. The summed E-state index contributed by atoms with van der Waals surface area (Å²) in [5.41, 5.74) is 1.63. The van der Waals surface area contributed by atoms with E-state index < -0.39 is 10.2 Å². The first-order valence-electron chi connectivity index (χ1n) is 6.45. The van der Waals surface area contributed by atoms with E-state index in [9.17, 15) is 8.42 Å². The smallest absolute Gasteiger partial charge is 0.277 e. The lowest BCUT2D eigenvalue weighted by Gasteiger charge is -2.15. The van der Waals surface area contributed by atoms with Gasteiger partial charge in [0.05, 0.1) is 0 Å². The fourth-order valence-corrected chi connectivity index (χ4v) is 2.73. The normalized spacial score (nSPS) is 12.6. The highest BCUT2D eigenvalue weighted by Crippen LogP contribution is 2.13. The van der Waals surface area contributed by atoms with Gasteiger partial charge < -0.3 is 5.11 Å². The number of aliphatic hydroxyl groups is 1. The van der Waals surface area contributed by atoms with Crippen LogP contribution in [0.15, 0.2) is 24.3 Å². The first-order valence-corrected chi connectivity index (χ1v) is 7.93. The number of aliphatic hydroxyl groups excluding tert-OH is 1. The van der Waals surface area contributed by atoms with Crippen LogP contribution in [0.3, 0.4) is 0 Å². The molecule has 0 spiro atoms. The van der Waals surface area contributed by atoms with Crippen molar-refractivity contribution in [3.63, 3.8) is 0 Å². The summed E-state index contributed by atoms with van der Waals surface area (Å²) in [6.07, 6.45) is 0.744. The van der Waals surface area contributed by atoms with Gasteiger partial charge in [-0.25, -0.2) is 4.72 Å². The van der Waals surface area contributed by atoms with Crippen LogP contribution in [0.25, 0.3) is 0 Å². The summed E-state index contributed by atoms with van der Waals surface area (Å²) < 4.78 is 28.4. The Morgan fingerprint density at radius 2 is 1.95 bits per heavy atom. The number of benzene rings is 1. The maximum atomic E-state index is 11.7. The van der Waals surface area contributed by atoms with E-state index in [1.54, 1.807) is 19.1 Å². The Morgan fingerprint density at radius 3 is 2.50 bits per heavy atom. The molecule has 20 heavy (non-hydrogen) atoms. The molecule has 1 unspecified atom stereocenters. The quantitative estimate of drug-likeness (QED) is 0.683. The molecule has 3 N–H and O–H groups in total.